The molecule has 3 rings (SSSR count). The standard InChI is InChI=1S/C18H24F3N3O2/c1-22-16(24-8-6-17(11-24)7-9-25-12-17)23-10-14-4-2-3-5-15(14)26-13-18(19,20)21/h2-5H,6-13H2,1H3,(H,22,23). The summed E-state index contributed by atoms with van der Waals surface area (Å²) in [4.78, 5) is 6.51. The molecule has 2 heterocycles. The Morgan fingerprint density at radius 2 is 2.15 bits per heavy atom. The van der Waals surface area contributed by atoms with Crippen molar-refractivity contribution in [2.45, 2.75) is 25.6 Å². The van der Waals surface area contributed by atoms with Crippen LogP contribution in [-0.2, 0) is 11.3 Å². The van der Waals surface area contributed by atoms with E-state index in [-0.39, 0.29) is 11.2 Å². The maximum atomic E-state index is 12.4. The Bertz CT molecular complexity index is 643. The lowest BCUT2D eigenvalue weighted by molar-refractivity contribution is -0.153. The van der Waals surface area contributed by atoms with Gasteiger partial charge < -0.3 is 19.7 Å². The van der Waals surface area contributed by atoms with Gasteiger partial charge in [-0.3, -0.25) is 4.99 Å². The van der Waals surface area contributed by atoms with Gasteiger partial charge in [0.2, 0.25) is 0 Å². The third kappa shape index (κ3) is 4.60. The molecule has 144 valence electrons. The van der Waals surface area contributed by atoms with Crippen LogP contribution in [0.3, 0.4) is 0 Å². The number of halogens is 3. The summed E-state index contributed by atoms with van der Waals surface area (Å²) < 4.78 is 47.7. The zero-order chi connectivity index (χ0) is 18.6. The molecule has 26 heavy (non-hydrogen) atoms. The second kappa shape index (κ2) is 7.73. The summed E-state index contributed by atoms with van der Waals surface area (Å²) in [5.41, 5.74) is 0.877. The first kappa shape index (κ1) is 18.8. The Balaban J connectivity index is 1.59. The van der Waals surface area contributed by atoms with Gasteiger partial charge in [-0.15, -0.1) is 0 Å². The normalized spacial score (nSPS) is 23.7. The summed E-state index contributed by atoms with van der Waals surface area (Å²) in [7, 11) is 1.71. The molecule has 5 nitrogen and oxygen atoms in total. The molecular weight excluding hydrogens is 347 g/mol. The molecule has 0 saturated carbocycles. The number of rotatable bonds is 4. The SMILES string of the molecule is CN=C(NCc1ccccc1OCC(F)(F)F)N1CCC2(CCOC2)C1. The molecule has 0 aromatic heterocycles. The number of para-hydroxylation sites is 1. The summed E-state index contributed by atoms with van der Waals surface area (Å²) in [5.74, 6) is 0.981. The molecule has 2 fully saturated rings. The highest BCUT2D eigenvalue weighted by atomic mass is 19.4. The monoisotopic (exact) mass is 371 g/mol. The first-order chi connectivity index (χ1) is 12.4. The number of nitrogens with zero attached hydrogens (tertiary/aromatic N) is 2. The molecule has 1 aromatic carbocycles. The number of hydrogen-bond acceptors (Lipinski definition) is 3. The van der Waals surface area contributed by atoms with Crippen LogP contribution in [0.25, 0.3) is 0 Å². The van der Waals surface area contributed by atoms with Crippen molar-refractivity contribution >= 4 is 5.96 Å². The minimum atomic E-state index is -4.36. The third-order valence-corrected chi connectivity index (χ3v) is 4.94. The number of ether oxygens (including phenoxy) is 2. The molecule has 2 aliphatic rings. The number of hydrogen-bond donors (Lipinski definition) is 1. The number of alkyl halides is 3. The van der Waals surface area contributed by atoms with E-state index in [1.54, 1.807) is 31.3 Å². The average Bonchev–Trinajstić information content (AvgIpc) is 3.24. The van der Waals surface area contributed by atoms with Gasteiger partial charge in [-0.25, -0.2) is 0 Å². The Labute approximate surface area is 151 Å². The Morgan fingerprint density at radius 1 is 1.35 bits per heavy atom. The van der Waals surface area contributed by atoms with Crippen LogP contribution in [0.2, 0.25) is 0 Å². The van der Waals surface area contributed by atoms with Gasteiger partial charge >= 0.3 is 6.18 Å². The summed E-state index contributed by atoms with van der Waals surface area (Å²) >= 11 is 0. The van der Waals surface area contributed by atoms with E-state index in [4.69, 9.17) is 9.47 Å². The molecule has 8 heteroatoms. The first-order valence-electron chi connectivity index (χ1n) is 8.72. The summed E-state index contributed by atoms with van der Waals surface area (Å²) in [6, 6.07) is 6.74. The Morgan fingerprint density at radius 3 is 2.85 bits per heavy atom. The van der Waals surface area contributed by atoms with Gasteiger partial charge in [0.1, 0.15) is 5.75 Å². The van der Waals surface area contributed by atoms with Crippen molar-refractivity contribution in [3.05, 3.63) is 29.8 Å². The fourth-order valence-corrected chi connectivity index (χ4v) is 3.54. The number of likely N-dealkylation sites (tertiary alicyclic amines) is 1. The second-order valence-corrected chi connectivity index (χ2v) is 6.89. The third-order valence-electron chi connectivity index (χ3n) is 4.94. The van der Waals surface area contributed by atoms with E-state index in [2.05, 4.69) is 15.2 Å². The van der Waals surface area contributed by atoms with Crippen molar-refractivity contribution in [1.82, 2.24) is 10.2 Å². The molecule has 0 bridgehead atoms. The highest BCUT2D eigenvalue weighted by molar-refractivity contribution is 5.80. The predicted molar refractivity (Wildman–Crippen MR) is 92.2 cm³/mol. The Kier molecular flexibility index (Phi) is 5.60. The lowest BCUT2D eigenvalue weighted by Crippen LogP contribution is -2.41. The van der Waals surface area contributed by atoms with Crippen LogP contribution in [0.1, 0.15) is 18.4 Å². The lowest BCUT2D eigenvalue weighted by atomic mass is 9.87. The highest BCUT2D eigenvalue weighted by Gasteiger charge is 2.42. The maximum absolute atomic E-state index is 12.4. The van der Waals surface area contributed by atoms with Gasteiger partial charge in [-0.05, 0) is 18.9 Å². The lowest BCUT2D eigenvalue weighted by Gasteiger charge is -2.25. The van der Waals surface area contributed by atoms with Crippen molar-refractivity contribution in [1.29, 1.82) is 0 Å². The molecule has 2 saturated heterocycles. The van der Waals surface area contributed by atoms with Crippen molar-refractivity contribution in [2.24, 2.45) is 10.4 Å². The van der Waals surface area contributed by atoms with Crippen LogP contribution in [0.5, 0.6) is 5.75 Å². The predicted octanol–water partition coefficient (Wildman–Crippen LogP) is 2.82. The zero-order valence-corrected chi connectivity index (χ0v) is 14.8. The summed E-state index contributed by atoms with van der Waals surface area (Å²) in [5, 5.41) is 3.25. The van der Waals surface area contributed by atoms with Gasteiger partial charge in [0.15, 0.2) is 12.6 Å². The van der Waals surface area contributed by atoms with E-state index in [0.29, 0.717) is 12.1 Å². The number of aliphatic imine (C=N–C) groups is 1. The van der Waals surface area contributed by atoms with Crippen molar-refractivity contribution in [2.75, 3.05) is 40.0 Å². The molecular formula is C18H24F3N3O2. The van der Waals surface area contributed by atoms with Crippen LogP contribution in [0, 0.1) is 5.41 Å². The summed E-state index contributed by atoms with van der Waals surface area (Å²) in [6.07, 6.45) is -2.22. The largest absolute Gasteiger partial charge is 0.484 e. The van der Waals surface area contributed by atoms with Crippen molar-refractivity contribution in [3.63, 3.8) is 0 Å². The molecule has 0 amide bonds. The van der Waals surface area contributed by atoms with Crippen LogP contribution in [-0.4, -0.2) is 57.0 Å². The number of nitrogens with one attached hydrogen (secondary N) is 1. The minimum Gasteiger partial charge on any atom is -0.484 e. The van der Waals surface area contributed by atoms with E-state index in [0.717, 1.165) is 45.1 Å². The fourth-order valence-electron chi connectivity index (χ4n) is 3.54. The Hall–Kier alpha value is -1.96. The molecule has 1 atom stereocenters. The highest BCUT2D eigenvalue weighted by Crippen LogP contribution is 2.38. The topological polar surface area (TPSA) is 46.1 Å². The van der Waals surface area contributed by atoms with Gasteiger partial charge in [0.05, 0.1) is 6.61 Å². The molecule has 1 unspecified atom stereocenters. The van der Waals surface area contributed by atoms with Crippen LogP contribution in [0.4, 0.5) is 13.2 Å². The molecule has 1 aromatic rings. The van der Waals surface area contributed by atoms with Crippen molar-refractivity contribution in [3.8, 4) is 5.75 Å². The van der Waals surface area contributed by atoms with E-state index in [1.807, 2.05) is 0 Å². The quantitative estimate of drug-likeness (QED) is 0.653. The smallest absolute Gasteiger partial charge is 0.422 e. The second-order valence-electron chi connectivity index (χ2n) is 6.89. The van der Waals surface area contributed by atoms with Crippen LogP contribution in [0.15, 0.2) is 29.3 Å². The van der Waals surface area contributed by atoms with Gasteiger partial charge in [0.25, 0.3) is 0 Å². The first-order valence-corrected chi connectivity index (χ1v) is 8.72. The van der Waals surface area contributed by atoms with Crippen molar-refractivity contribution < 1.29 is 22.6 Å². The number of benzene rings is 1. The fraction of sp³-hybridized carbons (Fsp3) is 0.611. The number of guanidine groups is 1. The molecule has 1 N–H and O–H groups in total. The summed E-state index contributed by atoms with van der Waals surface area (Å²) in [6.45, 7) is 2.43. The van der Waals surface area contributed by atoms with Gasteiger partial charge in [-0.2, -0.15) is 13.2 Å². The van der Waals surface area contributed by atoms with E-state index in [1.165, 1.54) is 0 Å². The average molecular weight is 371 g/mol. The minimum absolute atomic E-state index is 0.214. The molecule has 0 aliphatic carbocycles. The molecule has 0 radical (unpaired) electrons. The van der Waals surface area contributed by atoms with E-state index >= 15 is 0 Å². The zero-order valence-electron chi connectivity index (χ0n) is 14.8. The van der Waals surface area contributed by atoms with Crippen LogP contribution < -0.4 is 10.1 Å². The van der Waals surface area contributed by atoms with Gasteiger partial charge in [-0.1, -0.05) is 18.2 Å². The molecule has 1 spiro atoms. The van der Waals surface area contributed by atoms with E-state index in [9.17, 15) is 13.2 Å². The van der Waals surface area contributed by atoms with Gasteiger partial charge in [0, 0.05) is 44.3 Å². The van der Waals surface area contributed by atoms with Crippen LogP contribution >= 0.6 is 0 Å². The maximum Gasteiger partial charge on any atom is 0.422 e. The van der Waals surface area contributed by atoms with E-state index < -0.39 is 12.8 Å². The molecule has 2 aliphatic heterocycles.